The predicted octanol–water partition coefficient (Wildman–Crippen LogP) is 0.157. The van der Waals surface area contributed by atoms with Crippen LogP contribution in [0.15, 0.2) is 29.6 Å². The van der Waals surface area contributed by atoms with Crippen molar-refractivity contribution in [2.45, 2.75) is 6.42 Å². The van der Waals surface area contributed by atoms with Crippen molar-refractivity contribution in [2.24, 2.45) is 10.9 Å². The fraction of sp³-hybridized carbons (Fsp3) is 0.125. The Labute approximate surface area is 80.4 Å². The lowest BCUT2D eigenvalue weighted by Crippen LogP contribution is -2.22. The molecule has 6 heteroatoms. The van der Waals surface area contributed by atoms with Crippen LogP contribution in [0.5, 0.6) is 0 Å². The molecule has 0 bridgehead atoms. The van der Waals surface area contributed by atoms with Crippen LogP contribution in [0.1, 0.15) is 6.42 Å². The SMILES string of the molecule is N/C(CC(=O)Nc1ccccn1)=N\O. The maximum absolute atomic E-state index is 11.2. The van der Waals surface area contributed by atoms with E-state index in [1.165, 1.54) is 0 Å². The van der Waals surface area contributed by atoms with Gasteiger partial charge in [-0.05, 0) is 12.1 Å². The van der Waals surface area contributed by atoms with Crippen molar-refractivity contribution in [1.29, 1.82) is 0 Å². The second-order valence-corrected chi connectivity index (χ2v) is 2.53. The number of anilines is 1. The van der Waals surface area contributed by atoms with E-state index in [0.717, 1.165) is 0 Å². The van der Waals surface area contributed by atoms with Crippen molar-refractivity contribution in [2.75, 3.05) is 5.32 Å². The van der Waals surface area contributed by atoms with Crippen LogP contribution in [-0.2, 0) is 4.79 Å². The molecule has 0 atom stereocenters. The number of oxime groups is 1. The van der Waals surface area contributed by atoms with Gasteiger partial charge in [0.15, 0.2) is 0 Å². The van der Waals surface area contributed by atoms with E-state index in [1.807, 2.05) is 0 Å². The summed E-state index contributed by atoms with van der Waals surface area (Å²) in [6.07, 6.45) is 1.40. The summed E-state index contributed by atoms with van der Waals surface area (Å²) in [4.78, 5) is 15.0. The molecular formula is C8H10N4O2. The van der Waals surface area contributed by atoms with Crippen LogP contribution in [0.4, 0.5) is 5.82 Å². The number of pyridine rings is 1. The largest absolute Gasteiger partial charge is 0.409 e. The smallest absolute Gasteiger partial charge is 0.233 e. The topological polar surface area (TPSA) is 101 Å². The number of nitrogens with two attached hydrogens (primary N) is 1. The molecule has 4 N–H and O–H groups in total. The van der Waals surface area contributed by atoms with Crippen LogP contribution >= 0.6 is 0 Å². The van der Waals surface area contributed by atoms with Crippen molar-refractivity contribution in [3.63, 3.8) is 0 Å². The first kappa shape index (κ1) is 9.97. The molecule has 1 rings (SSSR count). The van der Waals surface area contributed by atoms with Gasteiger partial charge >= 0.3 is 0 Å². The molecule has 0 unspecified atom stereocenters. The van der Waals surface area contributed by atoms with E-state index in [1.54, 1.807) is 24.4 Å². The highest BCUT2D eigenvalue weighted by atomic mass is 16.4. The first-order valence-corrected chi connectivity index (χ1v) is 3.89. The molecule has 0 spiro atoms. The van der Waals surface area contributed by atoms with Crippen LogP contribution in [-0.4, -0.2) is 21.9 Å². The minimum absolute atomic E-state index is 0.140. The summed E-state index contributed by atoms with van der Waals surface area (Å²) < 4.78 is 0. The molecule has 74 valence electrons. The molecule has 1 heterocycles. The Morgan fingerprint density at radius 3 is 3.00 bits per heavy atom. The molecule has 0 aliphatic carbocycles. The number of aromatic nitrogens is 1. The maximum Gasteiger partial charge on any atom is 0.233 e. The molecule has 0 aliphatic rings. The van der Waals surface area contributed by atoms with Crippen LogP contribution in [0.25, 0.3) is 0 Å². The Morgan fingerprint density at radius 2 is 2.43 bits per heavy atom. The zero-order valence-corrected chi connectivity index (χ0v) is 7.34. The highest BCUT2D eigenvalue weighted by Crippen LogP contribution is 2.00. The molecule has 0 saturated heterocycles. The first-order chi connectivity index (χ1) is 6.72. The normalized spacial score (nSPS) is 11.0. The van der Waals surface area contributed by atoms with Gasteiger partial charge in [0.2, 0.25) is 5.91 Å². The summed E-state index contributed by atoms with van der Waals surface area (Å²) in [5.74, 6) is -0.0827. The second kappa shape index (κ2) is 4.80. The molecule has 0 aromatic carbocycles. The molecule has 6 nitrogen and oxygen atoms in total. The summed E-state index contributed by atoms with van der Waals surface area (Å²) in [6, 6.07) is 5.12. The van der Waals surface area contributed by atoms with Crippen molar-refractivity contribution in [3.05, 3.63) is 24.4 Å². The summed E-state index contributed by atoms with van der Waals surface area (Å²) in [5.41, 5.74) is 5.15. The number of amidine groups is 1. The van der Waals surface area contributed by atoms with E-state index in [0.29, 0.717) is 5.82 Å². The molecule has 0 fully saturated rings. The quantitative estimate of drug-likeness (QED) is 0.276. The average molecular weight is 194 g/mol. The molecule has 0 saturated carbocycles. The minimum atomic E-state index is -0.376. The highest BCUT2D eigenvalue weighted by Gasteiger charge is 2.05. The van der Waals surface area contributed by atoms with Gasteiger partial charge < -0.3 is 16.3 Å². The van der Waals surface area contributed by atoms with E-state index < -0.39 is 0 Å². The summed E-state index contributed by atoms with van der Waals surface area (Å²) >= 11 is 0. The molecule has 1 amide bonds. The van der Waals surface area contributed by atoms with Gasteiger partial charge in [0, 0.05) is 6.20 Å². The Kier molecular flexibility index (Phi) is 3.42. The molecule has 14 heavy (non-hydrogen) atoms. The van der Waals surface area contributed by atoms with Gasteiger partial charge in [0.05, 0.1) is 6.42 Å². The van der Waals surface area contributed by atoms with Gasteiger partial charge in [-0.15, -0.1) is 0 Å². The second-order valence-electron chi connectivity index (χ2n) is 2.53. The molecule has 1 aromatic heterocycles. The number of nitrogens with one attached hydrogen (secondary N) is 1. The Morgan fingerprint density at radius 1 is 1.64 bits per heavy atom. The predicted molar refractivity (Wildman–Crippen MR) is 50.9 cm³/mol. The number of carbonyl (C=O) groups is 1. The number of hydrogen-bond donors (Lipinski definition) is 3. The Balaban J connectivity index is 2.50. The van der Waals surface area contributed by atoms with E-state index in [4.69, 9.17) is 10.9 Å². The van der Waals surface area contributed by atoms with Gasteiger partial charge in [-0.3, -0.25) is 4.79 Å². The van der Waals surface area contributed by atoms with E-state index in [2.05, 4.69) is 15.5 Å². The molecule has 1 aromatic rings. The molecule has 0 aliphatic heterocycles. The Hall–Kier alpha value is -2.11. The lowest BCUT2D eigenvalue weighted by atomic mass is 10.3. The van der Waals surface area contributed by atoms with Crippen LogP contribution < -0.4 is 11.1 Å². The third-order valence-corrected chi connectivity index (χ3v) is 1.40. The summed E-state index contributed by atoms with van der Waals surface area (Å²) in [6.45, 7) is 0. The monoisotopic (exact) mass is 194 g/mol. The first-order valence-electron chi connectivity index (χ1n) is 3.89. The van der Waals surface area contributed by atoms with Gasteiger partial charge in [-0.1, -0.05) is 11.2 Å². The number of rotatable bonds is 3. The number of carbonyl (C=O) groups excluding carboxylic acids is 1. The lowest BCUT2D eigenvalue weighted by molar-refractivity contribution is -0.115. The zero-order chi connectivity index (χ0) is 10.4. The maximum atomic E-state index is 11.2. The average Bonchev–Trinajstić information content (AvgIpc) is 2.19. The van der Waals surface area contributed by atoms with Gasteiger partial charge in [-0.25, -0.2) is 4.98 Å². The van der Waals surface area contributed by atoms with Crippen molar-refractivity contribution in [1.82, 2.24) is 4.98 Å². The number of nitrogens with zero attached hydrogens (tertiary/aromatic N) is 2. The third kappa shape index (κ3) is 3.10. The van der Waals surface area contributed by atoms with E-state index in [9.17, 15) is 4.79 Å². The van der Waals surface area contributed by atoms with Crippen molar-refractivity contribution >= 4 is 17.6 Å². The Bertz CT molecular complexity index is 336. The van der Waals surface area contributed by atoms with Crippen LogP contribution in [0.3, 0.4) is 0 Å². The summed E-state index contributed by atoms with van der Waals surface area (Å²) in [7, 11) is 0. The lowest BCUT2D eigenvalue weighted by Gasteiger charge is -2.02. The fourth-order valence-electron chi connectivity index (χ4n) is 0.824. The van der Waals surface area contributed by atoms with E-state index >= 15 is 0 Å². The standard InChI is InChI=1S/C8H10N4O2/c9-6(12-14)5-8(13)11-7-3-1-2-4-10-7/h1-4,14H,5H2,(H2,9,12)(H,10,11,13). The van der Waals surface area contributed by atoms with Crippen LogP contribution in [0.2, 0.25) is 0 Å². The number of hydrogen-bond acceptors (Lipinski definition) is 4. The highest BCUT2D eigenvalue weighted by molar-refractivity contribution is 6.04. The zero-order valence-electron chi connectivity index (χ0n) is 7.34. The van der Waals surface area contributed by atoms with E-state index in [-0.39, 0.29) is 18.2 Å². The molecule has 0 radical (unpaired) electrons. The van der Waals surface area contributed by atoms with Gasteiger partial charge in [0.1, 0.15) is 11.7 Å². The summed E-state index contributed by atoms with van der Waals surface area (Å²) in [5, 5.41) is 13.4. The van der Waals surface area contributed by atoms with Gasteiger partial charge in [-0.2, -0.15) is 0 Å². The number of amides is 1. The third-order valence-electron chi connectivity index (χ3n) is 1.40. The van der Waals surface area contributed by atoms with Gasteiger partial charge in [0.25, 0.3) is 0 Å². The minimum Gasteiger partial charge on any atom is -0.409 e. The van der Waals surface area contributed by atoms with Crippen molar-refractivity contribution < 1.29 is 10.0 Å². The van der Waals surface area contributed by atoms with Crippen molar-refractivity contribution in [3.8, 4) is 0 Å². The molecular weight excluding hydrogens is 184 g/mol. The fourth-order valence-corrected chi connectivity index (χ4v) is 0.824. The van der Waals surface area contributed by atoms with Crippen LogP contribution in [0, 0.1) is 0 Å².